The lowest BCUT2D eigenvalue weighted by molar-refractivity contribution is 0.0652. The second-order valence-corrected chi connectivity index (χ2v) is 11.3. The van der Waals surface area contributed by atoms with Crippen molar-refractivity contribution in [1.82, 2.24) is 14.5 Å². The summed E-state index contributed by atoms with van der Waals surface area (Å²) in [6.45, 7) is 5.70. The first-order chi connectivity index (χ1) is 18.2. The fourth-order valence-corrected chi connectivity index (χ4v) is 5.94. The summed E-state index contributed by atoms with van der Waals surface area (Å²) < 4.78 is 1.74. The van der Waals surface area contributed by atoms with Gasteiger partial charge in [0.2, 0.25) is 0 Å². The van der Waals surface area contributed by atoms with E-state index >= 15 is 0 Å². The largest absolute Gasteiger partial charge is 0.330 e. The molecule has 2 aromatic carbocycles. The van der Waals surface area contributed by atoms with Crippen LogP contribution in [0.25, 0.3) is 5.69 Å². The molecule has 38 heavy (non-hydrogen) atoms. The van der Waals surface area contributed by atoms with E-state index in [0.29, 0.717) is 46.3 Å². The molecule has 0 radical (unpaired) electrons. The Labute approximate surface area is 228 Å². The minimum absolute atomic E-state index is 0.00986. The van der Waals surface area contributed by atoms with Crippen molar-refractivity contribution in [2.75, 3.05) is 0 Å². The van der Waals surface area contributed by atoms with Crippen molar-refractivity contribution in [1.29, 1.82) is 0 Å². The number of ketones is 1. The standard InChI is InChI=1S/C31H34ClN3O3/c1-19-15-24(11-14-27(19)32)30(37)34-18-28-26(16-20(34)2)31(38)35(25-12-9-23(10-13-25)21(3)36)29(33-28)17-22-7-5-4-6-8-22/h9-15,20,22H,4-8,16-18H2,1-3H3. The summed E-state index contributed by atoms with van der Waals surface area (Å²) in [5, 5.41) is 0.629. The molecule has 3 aromatic rings. The Kier molecular flexibility index (Phi) is 7.53. The highest BCUT2D eigenvalue weighted by molar-refractivity contribution is 6.31. The topological polar surface area (TPSA) is 72.3 Å². The maximum Gasteiger partial charge on any atom is 0.261 e. The average Bonchev–Trinajstić information content (AvgIpc) is 2.91. The fraction of sp³-hybridized carbons (Fsp3) is 0.419. The molecule has 1 saturated carbocycles. The number of Topliss-reactive ketones (excluding diaryl/α,β-unsaturated/α-hetero) is 1. The number of nitrogens with zero attached hydrogens (tertiary/aromatic N) is 3. The number of aryl methyl sites for hydroxylation is 1. The third-order valence-electron chi connectivity index (χ3n) is 8.08. The lowest BCUT2D eigenvalue weighted by Crippen LogP contribution is -2.46. The van der Waals surface area contributed by atoms with E-state index in [1.165, 1.54) is 26.2 Å². The van der Waals surface area contributed by atoms with E-state index in [9.17, 15) is 14.4 Å². The van der Waals surface area contributed by atoms with Crippen LogP contribution in [0.3, 0.4) is 0 Å². The van der Waals surface area contributed by atoms with Crippen LogP contribution in [0.5, 0.6) is 0 Å². The second kappa shape index (κ2) is 10.9. The van der Waals surface area contributed by atoms with Crippen molar-refractivity contribution < 1.29 is 9.59 Å². The van der Waals surface area contributed by atoms with Crippen molar-refractivity contribution in [3.63, 3.8) is 0 Å². The van der Waals surface area contributed by atoms with Crippen molar-refractivity contribution in [2.24, 2.45) is 5.92 Å². The van der Waals surface area contributed by atoms with Gasteiger partial charge < -0.3 is 4.90 Å². The van der Waals surface area contributed by atoms with Gasteiger partial charge in [0.25, 0.3) is 11.5 Å². The van der Waals surface area contributed by atoms with Gasteiger partial charge in [0.1, 0.15) is 5.82 Å². The Morgan fingerprint density at radius 1 is 1.03 bits per heavy atom. The van der Waals surface area contributed by atoms with E-state index in [1.807, 2.05) is 36.9 Å². The molecule has 1 fully saturated rings. The molecule has 0 N–H and O–H groups in total. The maximum absolute atomic E-state index is 14.0. The summed E-state index contributed by atoms with van der Waals surface area (Å²) in [5.41, 5.74) is 4.06. The van der Waals surface area contributed by atoms with E-state index in [-0.39, 0.29) is 23.3 Å². The molecule has 1 aromatic heterocycles. The van der Waals surface area contributed by atoms with Gasteiger partial charge in [-0.3, -0.25) is 19.0 Å². The molecule has 2 aliphatic rings. The van der Waals surface area contributed by atoms with Crippen molar-refractivity contribution in [3.8, 4) is 5.69 Å². The number of halogens is 1. The van der Waals surface area contributed by atoms with Gasteiger partial charge in [-0.25, -0.2) is 4.98 Å². The zero-order chi connectivity index (χ0) is 27.0. The first-order valence-electron chi connectivity index (χ1n) is 13.5. The molecule has 198 valence electrons. The molecule has 5 rings (SSSR count). The first-order valence-corrected chi connectivity index (χ1v) is 13.9. The van der Waals surface area contributed by atoms with Crippen molar-refractivity contribution in [3.05, 3.63) is 91.6 Å². The van der Waals surface area contributed by atoms with Gasteiger partial charge in [-0.1, -0.05) is 43.7 Å². The molecule has 7 heteroatoms. The smallest absolute Gasteiger partial charge is 0.261 e. The third kappa shape index (κ3) is 5.19. The molecule has 0 spiro atoms. The maximum atomic E-state index is 14.0. The van der Waals surface area contributed by atoms with E-state index in [2.05, 4.69) is 0 Å². The zero-order valence-electron chi connectivity index (χ0n) is 22.3. The van der Waals surface area contributed by atoms with Gasteiger partial charge in [0, 0.05) is 34.2 Å². The Balaban J connectivity index is 1.55. The van der Waals surface area contributed by atoms with Gasteiger partial charge in [0.05, 0.1) is 17.9 Å². The van der Waals surface area contributed by atoms with Crippen LogP contribution < -0.4 is 5.56 Å². The number of aromatic nitrogens is 2. The predicted molar refractivity (Wildman–Crippen MR) is 149 cm³/mol. The summed E-state index contributed by atoms with van der Waals surface area (Å²) in [6.07, 6.45) is 7.08. The Morgan fingerprint density at radius 3 is 2.37 bits per heavy atom. The van der Waals surface area contributed by atoms with Crippen LogP contribution in [0.2, 0.25) is 5.02 Å². The normalized spacial score (nSPS) is 17.8. The van der Waals surface area contributed by atoms with E-state index in [0.717, 1.165) is 36.3 Å². The molecule has 2 heterocycles. The highest BCUT2D eigenvalue weighted by Crippen LogP contribution is 2.29. The number of hydrogen-bond acceptors (Lipinski definition) is 4. The average molecular weight is 532 g/mol. The molecule has 1 unspecified atom stereocenters. The molecule has 0 saturated heterocycles. The van der Waals surface area contributed by atoms with Gasteiger partial charge in [-0.15, -0.1) is 0 Å². The first kappa shape index (κ1) is 26.4. The minimum Gasteiger partial charge on any atom is -0.330 e. The summed E-state index contributed by atoms with van der Waals surface area (Å²) in [4.78, 5) is 46.2. The monoisotopic (exact) mass is 531 g/mol. The zero-order valence-corrected chi connectivity index (χ0v) is 23.1. The van der Waals surface area contributed by atoms with Crippen LogP contribution in [-0.4, -0.2) is 32.2 Å². The number of carbonyl (C=O) groups excluding carboxylic acids is 2. The molecule has 1 aliphatic heterocycles. The van der Waals surface area contributed by atoms with Crippen LogP contribution >= 0.6 is 11.6 Å². The van der Waals surface area contributed by atoms with Gasteiger partial charge in [-0.2, -0.15) is 0 Å². The Morgan fingerprint density at radius 2 is 1.71 bits per heavy atom. The number of rotatable bonds is 5. The quantitative estimate of drug-likeness (QED) is 0.372. The van der Waals surface area contributed by atoms with E-state index in [1.54, 1.807) is 28.8 Å². The van der Waals surface area contributed by atoms with Crippen molar-refractivity contribution in [2.45, 2.75) is 78.3 Å². The third-order valence-corrected chi connectivity index (χ3v) is 8.50. The summed E-state index contributed by atoms with van der Waals surface area (Å²) in [5.74, 6) is 1.13. The van der Waals surface area contributed by atoms with E-state index < -0.39 is 0 Å². The molecule has 1 atom stereocenters. The van der Waals surface area contributed by atoms with Crippen molar-refractivity contribution >= 4 is 23.3 Å². The number of fused-ring (bicyclic) bond motifs is 1. The summed E-state index contributed by atoms with van der Waals surface area (Å²) in [6, 6.07) is 12.4. The fourth-order valence-electron chi connectivity index (χ4n) is 5.82. The SMILES string of the molecule is CC(=O)c1ccc(-n2c(CC3CCCCC3)nc3c(c2=O)CC(C)N(C(=O)c2ccc(Cl)c(C)c2)C3)cc1. The lowest BCUT2D eigenvalue weighted by atomic mass is 9.86. The van der Waals surface area contributed by atoms with Crippen LogP contribution in [0.15, 0.2) is 47.3 Å². The van der Waals surface area contributed by atoms with Gasteiger partial charge >= 0.3 is 0 Å². The summed E-state index contributed by atoms with van der Waals surface area (Å²) >= 11 is 6.18. The molecule has 6 nitrogen and oxygen atoms in total. The number of carbonyl (C=O) groups is 2. The number of benzene rings is 2. The number of hydrogen-bond donors (Lipinski definition) is 0. The Hall–Kier alpha value is -3.25. The van der Waals surface area contributed by atoms with Gasteiger partial charge in [-0.05, 0) is 81.1 Å². The van der Waals surface area contributed by atoms with Crippen LogP contribution in [0, 0.1) is 12.8 Å². The second-order valence-electron chi connectivity index (χ2n) is 10.9. The highest BCUT2D eigenvalue weighted by Gasteiger charge is 2.32. The summed E-state index contributed by atoms with van der Waals surface area (Å²) in [7, 11) is 0. The van der Waals surface area contributed by atoms with Crippen LogP contribution in [0.1, 0.15) is 89.3 Å². The highest BCUT2D eigenvalue weighted by atomic mass is 35.5. The lowest BCUT2D eigenvalue weighted by Gasteiger charge is -2.35. The molecular formula is C31H34ClN3O3. The minimum atomic E-state index is -0.154. The van der Waals surface area contributed by atoms with Crippen LogP contribution in [-0.2, 0) is 19.4 Å². The van der Waals surface area contributed by atoms with Gasteiger partial charge in [0.15, 0.2) is 5.78 Å². The van der Waals surface area contributed by atoms with Crippen LogP contribution in [0.4, 0.5) is 0 Å². The molecule has 1 amide bonds. The molecule has 1 aliphatic carbocycles. The molecule has 0 bridgehead atoms. The Bertz CT molecular complexity index is 1440. The number of amides is 1. The molecular weight excluding hydrogens is 498 g/mol. The van der Waals surface area contributed by atoms with E-state index in [4.69, 9.17) is 16.6 Å². The predicted octanol–water partition coefficient (Wildman–Crippen LogP) is 6.11.